The van der Waals surface area contributed by atoms with Crippen LogP contribution in [0.25, 0.3) is 10.2 Å². The number of rotatable bonds is 5. The minimum absolute atomic E-state index is 0.188. The van der Waals surface area contributed by atoms with Crippen LogP contribution in [0.4, 0.5) is 5.88 Å². The van der Waals surface area contributed by atoms with E-state index in [0.29, 0.717) is 27.0 Å². The highest BCUT2D eigenvalue weighted by Gasteiger charge is 2.35. The van der Waals surface area contributed by atoms with Gasteiger partial charge in [-0.25, -0.2) is 0 Å². The van der Waals surface area contributed by atoms with E-state index in [-0.39, 0.29) is 11.7 Å². The molecule has 0 fully saturated rings. The van der Waals surface area contributed by atoms with Crippen LogP contribution in [0.5, 0.6) is 0 Å². The SMILES string of the molecule is O=C(N[C@H]1Cc2ccccc2[C@@H]1NC(=O)c1ccc([N+](=O)[O-])o1)c1cc2sc(Cl)c(Cl)c2[nH]1. The Morgan fingerprint density at radius 1 is 1.15 bits per heavy atom. The lowest BCUT2D eigenvalue weighted by Gasteiger charge is -2.22. The molecular formula is C21H14Cl2N4O5S. The van der Waals surface area contributed by atoms with Crippen LogP contribution in [0, 0.1) is 10.1 Å². The van der Waals surface area contributed by atoms with E-state index in [1.165, 1.54) is 17.4 Å². The zero-order valence-electron chi connectivity index (χ0n) is 16.6. The van der Waals surface area contributed by atoms with Crippen molar-refractivity contribution in [3.8, 4) is 0 Å². The fraction of sp³-hybridized carbons (Fsp3) is 0.143. The van der Waals surface area contributed by atoms with Gasteiger partial charge in [0.15, 0.2) is 5.76 Å². The van der Waals surface area contributed by atoms with Crippen molar-refractivity contribution in [3.05, 3.63) is 84.5 Å². The molecule has 0 saturated heterocycles. The van der Waals surface area contributed by atoms with Crippen molar-refractivity contribution in [2.24, 2.45) is 0 Å². The lowest BCUT2D eigenvalue weighted by Crippen LogP contribution is -2.44. The third-order valence-electron chi connectivity index (χ3n) is 5.45. The number of halogens is 2. The third-order valence-corrected chi connectivity index (χ3v) is 7.38. The van der Waals surface area contributed by atoms with Gasteiger partial charge in [-0.2, -0.15) is 0 Å². The van der Waals surface area contributed by atoms with Gasteiger partial charge in [0.05, 0.1) is 33.4 Å². The summed E-state index contributed by atoms with van der Waals surface area (Å²) < 4.78 is 6.21. The van der Waals surface area contributed by atoms with Gasteiger partial charge < -0.3 is 20.0 Å². The molecule has 3 aromatic heterocycles. The second kappa shape index (κ2) is 8.22. The van der Waals surface area contributed by atoms with E-state index >= 15 is 0 Å². The maximum Gasteiger partial charge on any atom is 0.433 e. The van der Waals surface area contributed by atoms with Crippen molar-refractivity contribution < 1.29 is 18.9 Å². The fourth-order valence-electron chi connectivity index (χ4n) is 3.96. The number of furan rings is 1. The second-order valence-corrected chi connectivity index (χ2v) is 9.47. The highest BCUT2D eigenvalue weighted by Crippen LogP contribution is 2.39. The molecule has 33 heavy (non-hydrogen) atoms. The number of aromatic nitrogens is 1. The van der Waals surface area contributed by atoms with Crippen LogP contribution in [-0.2, 0) is 6.42 Å². The summed E-state index contributed by atoms with van der Waals surface area (Å²) in [5.41, 5.74) is 2.73. The molecule has 12 heteroatoms. The molecule has 0 radical (unpaired) electrons. The smallest absolute Gasteiger partial charge is 0.395 e. The quantitative estimate of drug-likeness (QED) is 0.263. The van der Waals surface area contributed by atoms with Crippen molar-refractivity contribution in [1.29, 1.82) is 0 Å². The number of aromatic amines is 1. The molecule has 1 aromatic carbocycles. The summed E-state index contributed by atoms with van der Waals surface area (Å²) in [6.07, 6.45) is 0.493. The molecule has 0 bridgehead atoms. The monoisotopic (exact) mass is 504 g/mol. The Labute approximate surface area is 199 Å². The number of nitrogens with zero attached hydrogens (tertiary/aromatic N) is 1. The molecule has 3 N–H and O–H groups in total. The molecule has 4 aromatic rings. The Balaban J connectivity index is 1.38. The first-order valence-corrected chi connectivity index (χ1v) is 11.3. The van der Waals surface area contributed by atoms with Gasteiger partial charge in [-0.3, -0.25) is 19.7 Å². The first kappa shape index (κ1) is 21.5. The molecule has 168 valence electrons. The van der Waals surface area contributed by atoms with Crippen LogP contribution < -0.4 is 10.6 Å². The normalized spacial score (nSPS) is 17.2. The summed E-state index contributed by atoms with van der Waals surface area (Å²) in [5, 5.41) is 17.0. The summed E-state index contributed by atoms with van der Waals surface area (Å²) in [6.45, 7) is 0. The number of nitro groups is 1. The standard InChI is InChI=1S/C21H14Cl2N4O5S/c22-16-18-14(33-19(16)23)8-12(24-18)20(28)25-11-7-9-3-1-2-4-10(9)17(11)26-21(29)13-5-6-15(32-13)27(30)31/h1-6,8,11,17,24H,7H2,(H,25,28)(H,26,29)/t11-,17-/m0/s1. The third kappa shape index (κ3) is 3.86. The van der Waals surface area contributed by atoms with Crippen molar-refractivity contribution in [1.82, 2.24) is 15.6 Å². The largest absolute Gasteiger partial charge is 0.433 e. The first-order chi connectivity index (χ1) is 15.8. The topological polar surface area (TPSA) is 130 Å². The summed E-state index contributed by atoms with van der Waals surface area (Å²) in [7, 11) is 0. The highest BCUT2D eigenvalue weighted by atomic mass is 35.5. The number of benzene rings is 1. The van der Waals surface area contributed by atoms with E-state index in [2.05, 4.69) is 15.6 Å². The fourth-order valence-corrected chi connectivity index (χ4v) is 5.44. The zero-order chi connectivity index (χ0) is 23.3. The predicted molar refractivity (Wildman–Crippen MR) is 123 cm³/mol. The van der Waals surface area contributed by atoms with Gasteiger partial charge in [0, 0.05) is 0 Å². The van der Waals surface area contributed by atoms with Crippen molar-refractivity contribution in [2.45, 2.75) is 18.5 Å². The van der Waals surface area contributed by atoms with Gasteiger partial charge >= 0.3 is 5.88 Å². The number of carbonyl (C=O) groups excluding carboxylic acids is 2. The van der Waals surface area contributed by atoms with Gasteiger partial charge in [0.25, 0.3) is 11.8 Å². The maximum atomic E-state index is 13.0. The number of H-pyrrole nitrogens is 1. The van der Waals surface area contributed by atoms with Crippen molar-refractivity contribution in [3.63, 3.8) is 0 Å². The van der Waals surface area contributed by atoms with E-state index in [4.69, 9.17) is 27.6 Å². The number of hydrogen-bond donors (Lipinski definition) is 3. The first-order valence-electron chi connectivity index (χ1n) is 9.72. The van der Waals surface area contributed by atoms with Gasteiger partial charge in [-0.05, 0) is 29.7 Å². The summed E-state index contributed by atoms with van der Waals surface area (Å²) in [4.78, 5) is 38.8. The summed E-state index contributed by atoms with van der Waals surface area (Å²) in [5.74, 6) is -1.70. The van der Waals surface area contributed by atoms with E-state index in [0.717, 1.165) is 21.9 Å². The molecule has 2 atom stereocenters. The predicted octanol–water partition coefficient (Wildman–Crippen LogP) is 4.86. The lowest BCUT2D eigenvalue weighted by molar-refractivity contribution is -0.402. The Hall–Kier alpha value is -3.34. The molecule has 0 unspecified atom stereocenters. The van der Waals surface area contributed by atoms with Crippen LogP contribution in [0.15, 0.2) is 46.9 Å². The van der Waals surface area contributed by atoms with Crippen LogP contribution in [0.1, 0.15) is 38.2 Å². The number of amides is 2. The van der Waals surface area contributed by atoms with Crippen LogP contribution in [0.3, 0.4) is 0 Å². The molecule has 5 rings (SSSR count). The highest BCUT2D eigenvalue weighted by molar-refractivity contribution is 7.23. The Bertz CT molecular complexity index is 1430. The van der Waals surface area contributed by atoms with Gasteiger partial charge in [-0.1, -0.05) is 47.5 Å². The Kier molecular flexibility index (Phi) is 5.35. The van der Waals surface area contributed by atoms with Gasteiger partial charge in [0.1, 0.15) is 15.0 Å². The van der Waals surface area contributed by atoms with Crippen LogP contribution in [0.2, 0.25) is 9.36 Å². The molecule has 2 amide bonds. The zero-order valence-corrected chi connectivity index (χ0v) is 18.9. The number of nitrogens with one attached hydrogen (secondary N) is 3. The van der Waals surface area contributed by atoms with Gasteiger partial charge in [-0.15, -0.1) is 11.3 Å². The Morgan fingerprint density at radius 2 is 1.94 bits per heavy atom. The molecule has 0 aliphatic heterocycles. The molecule has 1 aliphatic carbocycles. The lowest BCUT2D eigenvalue weighted by atomic mass is 10.1. The van der Waals surface area contributed by atoms with Crippen molar-refractivity contribution in [2.75, 3.05) is 0 Å². The molecular weight excluding hydrogens is 491 g/mol. The van der Waals surface area contributed by atoms with E-state index < -0.39 is 28.8 Å². The molecule has 0 saturated carbocycles. The number of fused-ring (bicyclic) bond motifs is 2. The summed E-state index contributed by atoms with van der Waals surface area (Å²) in [6, 6.07) is 10.5. The Morgan fingerprint density at radius 3 is 2.67 bits per heavy atom. The number of thiophene rings is 1. The van der Waals surface area contributed by atoms with E-state index in [9.17, 15) is 19.7 Å². The van der Waals surface area contributed by atoms with E-state index in [1.54, 1.807) is 6.07 Å². The molecule has 1 aliphatic rings. The van der Waals surface area contributed by atoms with Gasteiger partial charge in [0.2, 0.25) is 0 Å². The van der Waals surface area contributed by atoms with Crippen molar-refractivity contribution >= 4 is 62.5 Å². The molecule has 0 spiro atoms. The van der Waals surface area contributed by atoms with Crippen LogP contribution in [-0.4, -0.2) is 27.8 Å². The molecule has 9 nitrogen and oxygen atoms in total. The minimum Gasteiger partial charge on any atom is -0.395 e. The maximum absolute atomic E-state index is 13.0. The molecule has 3 heterocycles. The number of carbonyl (C=O) groups is 2. The minimum atomic E-state index is -0.717. The van der Waals surface area contributed by atoms with E-state index in [1.807, 2.05) is 24.3 Å². The summed E-state index contributed by atoms with van der Waals surface area (Å²) >= 11 is 13.5. The number of hydrogen-bond acceptors (Lipinski definition) is 6. The average molecular weight is 505 g/mol. The average Bonchev–Trinajstić information content (AvgIpc) is 3.54. The van der Waals surface area contributed by atoms with Crippen LogP contribution >= 0.6 is 34.5 Å². The second-order valence-electron chi connectivity index (χ2n) is 7.44.